The van der Waals surface area contributed by atoms with Crippen LogP contribution < -0.4 is 16.6 Å². The van der Waals surface area contributed by atoms with Crippen LogP contribution in [0.15, 0.2) is 28.8 Å². The van der Waals surface area contributed by atoms with Crippen LogP contribution in [0.5, 0.6) is 0 Å². The van der Waals surface area contributed by atoms with Gasteiger partial charge in [0.15, 0.2) is 0 Å². The lowest BCUT2D eigenvalue weighted by Gasteiger charge is -2.07. The van der Waals surface area contributed by atoms with Crippen molar-refractivity contribution in [2.75, 3.05) is 10.7 Å². The van der Waals surface area contributed by atoms with Crippen molar-refractivity contribution in [3.63, 3.8) is 0 Å². The van der Waals surface area contributed by atoms with E-state index in [0.29, 0.717) is 29.4 Å². The van der Waals surface area contributed by atoms with Crippen LogP contribution >= 0.6 is 0 Å². The van der Waals surface area contributed by atoms with Crippen molar-refractivity contribution in [1.82, 2.24) is 5.16 Å². The highest BCUT2D eigenvalue weighted by molar-refractivity contribution is 5.63. The van der Waals surface area contributed by atoms with Gasteiger partial charge in [0, 0.05) is 23.9 Å². The van der Waals surface area contributed by atoms with E-state index < -0.39 is 4.92 Å². The third kappa shape index (κ3) is 3.19. The molecule has 0 fully saturated rings. The Bertz CT molecular complexity index is 596. The fourth-order valence-electron chi connectivity index (χ4n) is 1.60. The molecule has 2 rings (SSSR count). The number of nitrogens with zero attached hydrogens (tertiary/aromatic N) is 2. The Morgan fingerprint density at radius 3 is 2.68 bits per heavy atom. The van der Waals surface area contributed by atoms with E-state index in [1.54, 1.807) is 19.1 Å². The van der Waals surface area contributed by atoms with Crippen molar-refractivity contribution in [1.29, 1.82) is 0 Å². The highest BCUT2D eigenvalue weighted by atomic mass is 16.6. The molecule has 0 atom stereocenters. The first-order valence-electron chi connectivity index (χ1n) is 5.50. The number of benzene rings is 1. The number of aromatic nitrogens is 1. The minimum absolute atomic E-state index is 0.0470. The summed E-state index contributed by atoms with van der Waals surface area (Å²) in [5.41, 5.74) is 4.08. The van der Waals surface area contributed by atoms with Crippen LogP contribution in [0.4, 0.5) is 17.1 Å². The van der Waals surface area contributed by atoms with Gasteiger partial charge < -0.3 is 15.3 Å². The Morgan fingerprint density at radius 2 is 2.11 bits per heavy atom. The second-order valence-electron chi connectivity index (χ2n) is 3.95. The van der Waals surface area contributed by atoms with Crippen LogP contribution in [0.1, 0.15) is 11.5 Å². The molecule has 19 heavy (non-hydrogen) atoms. The molecule has 0 saturated heterocycles. The van der Waals surface area contributed by atoms with Gasteiger partial charge in [-0.05, 0) is 13.0 Å². The topological polar surface area (TPSA) is 119 Å². The summed E-state index contributed by atoms with van der Waals surface area (Å²) in [6.07, 6.45) is 0. The average Bonchev–Trinajstić information content (AvgIpc) is 2.81. The Balaban J connectivity index is 2.15. The third-order valence-corrected chi connectivity index (χ3v) is 2.45. The largest absolute Gasteiger partial charge is 0.379 e. The number of hydrogen-bond donors (Lipinski definition) is 3. The second kappa shape index (κ2) is 5.36. The highest BCUT2D eigenvalue weighted by Gasteiger charge is 2.09. The molecule has 0 amide bonds. The summed E-state index contributed by atoms with van der Waals surface area (Å²) in [5, 5.41) is 17.6. The number of non-ortho nitro benzene ring substituents is 1. The maximum absolute atomic E-state index is 10.8. The summed E-state index contributed by atoms with van der Waals surface area (Å²) >= 11 is 0. The monoisotopic (exact) mass is 263 g/mol. The number of hydrogen-bond acceptors (Lipinski definition) is 7. The minimum Gasteiger partial charge on any atom is -0.379 e. The van der Waals surface area contributed by atoms with Gasteiger partial charge in [-0.25, -0.2) is 0 Å². The Morgan fingerprint density at radius 1 is 1.37 bits per heavy atom. The van der Waals surface area contributed by atoms with Gasteiger partial charge in [0.05, 0.1) is 17.2 Å². The number of nitrogen functional groups attached to an aromatic ring is 1. The Kier molecular flexibility index (Phi) is 3.62. The Labute approximate surface area is 108 Å². The minimum atomic E-state index is -0.480. The van der Waals surface area contributed by atoms with Crippen LogP contribution in [0.2, 0.25) is 0 Å². The number of hydrazine groups is 1. The van der Waals surface area contributed by atoms with Gasteiger partial charge in [-0.15, -0.1) is 0 Å². The molecule has 0 spiro atoms. The maximum atomic E-state index is 10.8. The Hall–Kier alpha value is -2.61. The molecule has 8 nitrogen and oxygen atoms in total. The molecule has 8 heteroatoms. The molecule has 1 aromatic carbocycles. The predicted octanol–water partition coefficient (Wildman–Crippen LogP) is 1.79. The SMILES string of the molecule is Cc1cc(CNc2cc(NN)cc([N+](=O)[O-])c2)no1. The van der Waals surface area contributed by atoms with Gasteiger partial charge in [-0.3, -0.25) is 16.0 Å². The summed E-state index contributed by atoms with van der Waals surface area (Å²) in [6, 6.07) is 6.23. The van der Waals surface area contributed by atoms with Crippen LogP contribution in [-0.4, -0.2) is 10.1 Å². The van der Waals surface area contributed by atoms with Gasteiger partial charge >= 0.3 is 0 Å². The van der Waals surface area contributed by atoms with E-state index in [1.807, 2.05) is 0 Å². The fraction of sp³-hybridized carbons (Fsp3) is 0.182. The van der Waals surface area contributed by atoms with E-state index in [0.717, 1.165) is 0 Å². The summed E-state index contributed by atoms with van der Waals surface area (Å²) in [4.78, 5) is 10.3. The molecule has 0 bridgehead atoms. The average molecular weight is 263 g/mol. The summed E-state index contributed by atoms with van der Waals surface area (Å²) < 4.78 is 4.93. The van der Waals surface area contributed by atoms with Crippen molar-refractivity contribution < 1.29 is 9.45 Å². The zero-order chi connectivity index (χ0) is 13.8. The molecular weight excluding hydrogens is 250 g/mol. The molecule has 100 valence electrons. The fourth-order valence-corrected chi connectivity index (χ4v) is 1.60. The van der Waals surface area contributed by atoms with Crippen LogP contribution in [0, 0.1) is 17.0 Å². The predicted molar refractivity (Wildman–Crippen MR) is 69.5 cm³/mol. The van der Waals surface area contributed by atoms with E-state index in [2.05, 4.69) is 15.9 Å². The van der Waals surface area contributed by atoms with Gasteiger partial charge in [0.1, 0.15) is 11.5 Å². The van der Waals surface area contributed by atoms with E-state index in [9.17, 15) is 10.1 Å². The van der Waals surface area contributed by atoms with Crippen molar-refractivity contribution in [2.45, 2.75) is 13.5 Å². The highest BCUT2D eigenvalue weighted by Crippen LogP contribution is 2.24. The van der Waals surface area contributed by atoms with E-state index in [1.165, 1.54) is 12.1 Å². The van der Waals surface area contributed by atoms with Crippen LogP contribution in [-0.2, 0) is 6.54 Å². The molecule has 1 aromatic heterocycles. The summed E-state index contributed by atoms with van der Waals surface area (Å²) in [5.74, 6) is 5.98. The van der Waals surface area contributed by atoms with Gasteiger partial charge in [0.25, 0.3) is 5.69 Å². The second-order valence-corrected chi connectivity index (χ2v) is 3.95. The van der Waals surface area contributed by atoms with Crippen LogP contribution in [0.3, 0.4) is 0 Å². The molecular formula is C11H13N5O3. The number of nitro benzene ring substituents is 1. The van der Waals surface area contributed by atoms with E-state index in [4.69, 9.17) is 10.4 Å². The van der Waals surface area contributed by atoms with Gasteiger partial charge in [0.2, 0.25) is 0 Å². The smallest absolute Gasteiger partial charge is 0.273 e. The number of anilines is 2. The zero-order valence-electron chi connectivity index (χ0n) is 10.2. The quantitative estimate of drug-likeness (QED) is 0.427. The third-order valence-electron chi connectivity index (χ3n) is 2.45. The number of rotatable bonds is 5. The number of nitro groups is 1. The standard InChI is InChI=1S/C11H13N5O3/c1-7-2-10(15-19-7)6-13-8-3-9(14-12)5-11(4-8)16(17)18/h2-5,13-14H,6,12H2,1H3. The summed E-state index contributed by atoms with van der Waals surface area (Å²) in [6.45, 7) is 2.20. The molecule has 1 heterocycles. The maximum Gasteiger partial charge on any atom is 0.273 e. The van der Waals surface area contributed by atoms with Gasteiger partial charge in [-0.2, -0.15) is 0 Å². The van der Waals surface area contributed by atoms with Crippen molar-refractivity contribution in [2.24, 2.45) is 5.84 Å². The number of aryl methyl sites for hydroxylation is 1. The van der Waals surface area contributed by atoms with E-state index >= 15 is 0 Å². The van der Waals surface area contributed by atoms with Crippen molar-refractivity contribution >= 4 is 17.1 Å². The van der Waals surface area contributed by atoms with Crippen LogP contribution in [0.25, 0.3) is 0 Å². The molecule has 0 aliphatic rings. The normalized spacial score (nSPS) is 10.2. The van der Waals surface area contributed by atoms with Crippen molar-refractivity contribution in [3.8, 4) is 0 Å². The zero-order valence-corrected chi connectivity index (χ0v) is 10.2. The first-order valence-corrected chi connectivity index (χ1v) is 5.50. The lowest BCUT2D eigenvalue weighted by atomic mass is 10.2. The lowest BCUT2D eigenvalue weighted by molar-refractivity contribution is -0.384. The number of nitrogens with one attached hydrogen (secondary N) is 2. The van der Waals surface area contributed by atoms with Crippen molar-refractivity contribution in [3.05, 3.63) is 45.8 Å². The van der Waals surface area contributed by atoms with E-state index in [-0.39, 0.29) is 5.69 Å². The lowest BCUT2D eigenvalue weighted by Crippen LogP contribution is -2.08. The molecule has 0 radical (unpaired) electrons. The molecule has 0 aliphatic heterocycles. The first kappa shape index (κ1) is 12.8. The molecule has 4 N–H and O–H groups in total. The molecule has 2 aromatic rings. The van der Waals surface area contributed by atoms with Gasteiger partial charge in [-0.1, -0.05) is 5.16 Å². The molecule has 0 aliphatic carbocycles. The summed E-state index contributed by atoms with van der Waals surface area (Å²) in [7, 11) is 0. The molecule has 0 saturated carbocycles. The molecule has 0 unspecified atom stereocenters. The number of nitrogens with two attached hydrogens (primary N) is 1. The first-order chi connectivity index (χ1) is 9.08.